The number of hydrogen-bond donors (Lipinski definition) is 1. The van der Waals surface area contributed by atoms with Gasteiger partial charge in [0.25, 0.3) is 5.91 Å². The van der Waals surface area contributed by atoms with E-state index in [1.54, 1.807) is 24.4 Å². The van der Waals surface area contributed by atoms with Crippen LogP contribution < -0.4 is 5.32 Å². The minimum Gasteiger partial charge on any atom is -0.440 e. The second-order valence-corrected chi connectivity index (χ2v) is 7.29. The Balaban J connectivity index is 1.46. The van der Waals surface area contributed by atoms with E-state index in [2.05, 4.69) is 31.2 Å². The van der Waals surface area contributed by atoms with Gasteiger partial charge in [0, 0.05) is 34.0 Å². The van der Waals surface area contributed by atoms with Crippen molar-refractivity contribution in [3.8, 4) is 0 Å². The average Bonchev–Trinajstić information content (AvgIpc) is 3.04. The third-order valence-corrected chi connectivity index (χ3v) is 4.60. The molecule has 0 saturated heterocycles. The highest BCUT2D eigenvalue weighted by molar-refractivity contribution is 9.10. The van der Waals surface area contributed by atoms with Crippen LogP contribution in [0.2, 0.25) is 5.02 Å². The highest BCUT2D eigenvalue weighted by Crippen LogP contribution is 2.22. The smallest absolute Gasteiger partial charge is 0.257 e. The van der Waals surface area contributed by atoms with Crippen molar-refractivity contribution < 1.29 is 9.21 Å². The number of pyridine rings is 1. The van der Waals surface area contributed by atoms with Crippen molar-refractivity contribution in [3.05, 3.63) is 87.4 Å². The summed E-state index contributed by atoms with van der Waals surface area (Å²) in [5.74, 6) is 0.400. The standard InChI is InChI=1S/C20H13BrClN3O2/c21-14-8-13(10-23-11-14)20(26)24-16-4-1-12(2-5-16)7-19-25-17-9-15(22)3-6-18(17)27-19/h1-6,8-11H,7H2,(H,24,26). The van der Waals surface area contributed by atoms with Crippen molar-refractivity contribution in [2.75, 3.05) is 5.32 Å². The van der Waals surface area contributed by atoms with E-state index in [1.165, 1.54) is 6.20 Å². The van der Waals surface area contributed by atoms with Crippen LogP contribution >= 0.6 is 27.5 Å². The number of halogens is 2. The molecular weight excluding hydrogens is 430 g/mol. The van der Waals surface area contributed by atoms with Gasteiger partial charge in [-0.15, -0.1) is 0 Å². The number of nitrogens with one attached hydrogen (secondary N) is 1. The van der Waals surface area contributed by atoms with Gasteiger partial charge in [-0.2, -0.15) is 0 Å². The molecule has 0 aliphatic rings. The second kappa shape index (κ2) is 7.50. The fraction of sp³-hybridized carbons (Fsp3) is 0.0500. The molecule has 2 aromatic carbocycles. The van der Waals surface area contributed by atoms with Gasteiger partial charge in [0.2, 0.25) is 0 Å². The van der Waals surface area contributed by atoms with Crippen LogP contribution in [0.3, 0.4) is 0 Å². The summed E-state index contributed by atoms with van der Waals surface area (Å²) in [7, 11) is 0. The third kappa shape index (κ3) is 4.18. The van der Waals surface area contributed by atoms with Crippen LogP contribution in [-0.4, -0.2) is 15.9 Å². The van der Waals surface area contributed by atoms with E-state index in [-0.39, 0.29) is 5.91 Å². The Hall–Kier alpha value is -2.70. The molecule has 0 unspecified atom stereocenters. The second-order valence-electron chi connectivity index (χ2n) is 5.94. The number of amides is 1. The lowest BCUT2D eigenvalue weighted by Gasteiger charge is -2.06. The molecule has 1 N–H and O–H groups in total. The van der Waals surface area contributed by atoms with E-state index < -0.39 is 0 Å². The number of anilines is 1. The lowest BCUT2D eigenvalue weighted by molar-refractivity contribution is 0.102. The molecule has 1 amide bonds. The minimum absolute atomic E-state index is 0.215. The van der Waals surface area contributed by atoms with E-state index in [9.17, 15) is 4.79 Å². The Morgan fingerprint density at radius 3 is 2.70 bits per heavy atom. The highest BCUT2D eigenvalue weighted by atomic mass is 79.9. The van der Waals surface area contributed by atoms with Gasteiger partial charge >= 0.3 is 0 Å². The van der Waals surface area contributed by atoms with Crippen LogP contribution in [0, 0.1) is 0 Å². The predicted molar refractivity (Wildman–Crippen MR) is 108 cm³/mol. The van der Waals surface area contributed by atoms with Gasteiger partial charge in [-0.3, -0.25) is 9.78 Å². The van der Waals surface area contributed by atoms with Crippen molar-refractivity contribution in [1.82, 2.24) is 9.97 Å². The average molecular weight is 443 g/mol. The summed E-state index contributed by atoms with van der Waals surface area (Å²) in [4.78, 5) is 20.7. The van der Waals surface area contributed by atoms with E-state index in [4.69, 9.17) is 16.0 Å². The van der Waals surface area contributed by atoms with Gasteiger partial charge in [0.15, 0.2) is 11.5 Å². The fourth-order valence-corrected chi connectivity index (χ4v) is 3.17. The Labute approximate surface area is 168 Å². The van der Waals surface area contributed by atoms with Crippen molar-refractivity contribution >= 4 is 50.2 Å². The first-order valence-electron chi connectivity index (χ1n) is 8.13. The Bertz CT molecular complexity index is 1130. The quantitative estimate of drug-likeness (QED) is 0.454. The minimum atomic E-state index is -0.215. The maximum absolute atomic E-state index is 12.3. The van der Waals surface area contributed by atoms with Gasteiger partial charge in [-0.05, 0) is 57.9 Å². The van der Waals surface area contributed by atoms with Crippen LogP contribution in [0.15, 0.2) is 69.8 Å². The molecule has 0 aliphatic heterocycles. The number of carbonyl (C=O) groups is 1. The van der Waals surface area contributed by atoms with Gasteiger partial charge in [-0.1, -0.05) is 23.7 Å². The van der Waals surface area contributed by atoms with Crippen molar-refractivity contribution in [1.29, 1.82) is 0 Å². The molecule has 7 heteroatoms. The van der Waals surface area contributed by atoms with Crippen molar-refractivity contribution in [2.45, 2.75) is 6.42 Å². The summed E-state index contributed by atoms with van der Waals surface area (Å²) in [5.41, 5.74) is 3.66. The highest BCUT2D eigenvalue weighted by Gasteiger charge is 2.09. The summed E-state index contributed by atoms with van der Waals surface area (Å²) in [6.45, 7) is 0. The predicted octanol–water partition coefficient (Wildman–Crippen LogP) is 5.48. The molecule has 4 aromatic rings. The lowest BCUT2D eigenvalue weighted by Crippen LogP contribution is -2.12. The van der Waals surface area contributed by atoms with Gasteiger partial charge < -0.3 is 9.73 Å². The van der Waals surface area contributed by atoms with E-state index >= 15 is 0 Å². The summed E-state index contributed by atoms with van der Waals surface area (Å²) in [6, 6.07) is 14.6. The fourth-order valence-electron chi connectivity index (χ4n) is 2.64. The van der Waals surface area contributed by atoms with Crippen molar-refractivity contribution in [2.24, 2.45) is 0 Å². The van der Waals surface area contributed by atoms with E-state index in [0.717, 1.165) is 15.6 Å². The largest absolute Gasteiger partial charge is 0.440 e. The molecule has 0 bridgehead atoms. The normalized spacial score (nSPS) is 10.9. The molecule has 0 aliphatic carbocycles. The van der Waals surface area contributed by atoms with Crippen LogP contribution in [0.1, 0.15) is 21.8 Å². The monoisotopic (exact) mass is 441 g/mol. The molecule has 0 spiro atoms. The maximum Gasteiger partial charge on any atom is 0.257 e. The van der Waals surface area contributed by atoms with E-state index in [0.29, 0.717) is 34.2 Å². The molecule has 27 heavy (non-hydrogen) atoms. The molecule has 2 heterocycles. The van der Waals surface area contributed by atoms with Crippen LogP contribution in [0.4, 0.5) is 5.69 Å². The Morgan fingerprint density at radius 1 is 1.11 bits per heavy atom. The molecule has 0 atom stereocenters. The van der Waals surface area contributed by atoms with E-state index in [1.807, 2.05) is 30.3 Å². The molecule has 134 valence electrons. The van der Waals surface area contributed by atoms with Gasteiger partial charge in [0.1, 0.15) is 5.52 Å². The number of oxazole rings is 1. The zero-order valence-electron chi connectivity index (χ0n) is 13.9. The lowest BCUT2D eigenvalue weighted by atomic mass is 10.1. The number of aromatic nitrogens is 2. The Kier molecular flexibility index (Phi) is 4.92. The SMILES string of the molecule is O=C(Nc1ccc(Cc2nc3cc(Cl)ccc3o2)cc1)c1cncc(Br)c1. The topological polar surface area (TPSA) is 68.0 Å². The maximum atomic E-state index is 12.3. The molecule has 0 radical (unpaired) electrons. The summed E-state index contributed by atoms with van der Waals surface area (Å²) in [5, 5.41) is 3.48. The number of benzene rings is 2. The number of carbonyl (C=O) groups excluding carboxylic acids is 1. The van der Waals surface area contributed by atoms with Gasteiger partial charge in [-0.25, -0.2) is 4.98 Å². The summed E-state index contributed by atoms with van der Waals surface area (Å²) >= 11 is 9.29. The zero-order valence-corrected chi connectivity index (χ0v) is 16.3. The number of nitrogens with zero attached hydrogens (tertiary/aromatic N) is 2. The molecule has 0 fully saturated rings. The number of rotatable bonds is 4. The van der Waals surface area contributed by atoms with Crippen LogP contribution in [0.5, 0.6) is 0 Å². The molecular formula is C20H13BrClN3O2. The first kappa shape index (κ1) is 17.7. The van der Waals surface area contributed by atoms with Crippen LogP contribution in [0.25, 0.3) is 11.1 Å². The number of fused-ring (bicyclic) bond motifs is 1. The summed E-state index contributed by atoms with van der Waals surface area (Å²) < 4.78 is 6.49. The third-order valence-electron chi connectivity index (χ3n) is 3.93. The van der Waals surface area contributed by atoms with Gasteiger partial charge in [0.05, 0.1) is 5.56 Å². The molecule has 5 nitrogen and oxygen atoms in total. The zero-order chi connectivity index (χ0) is 18.8. The molecule has 4 rings (SSSR count). The molecule has 2 aromatic heterocycles. The first-order chi connectivity index (χ1) is 13.1. The Morgan fingerprint density at radius 2 is 1.93 bits per heavy atom. The number of hydrogen-bond acceptors (Lipinski definition) is 4. The van der Waals surface area contributed by atoms with Crippen molar-refractivity contribution in [3.63, 3.8) is 0 Å². The first-order valence-corrected chi connectivity index (χ1v) is 9.30. The van der Waals surface area contributed by atoms with Crippen LogP contribution in [-0.2, 0) is 6.42 Å². The molecule has 0 saturated carbocycles. The summed E-state index contributed by atoms with van der Waals surface area (Å²) in [6.07, 6.45) is 3.70.